The van der Waals surface area contributed by atoms with Gasteiger partial charge in [-0.2, -0.15) is 0 Å². The molecule has 4 heteroatoms. The van der Waals surface area contributed by atoms with Gasteiger partial charge in [0.25, 0.3) is 0 Å². The van der Waals surface area contributed by atoms with Crippen LogP contribution in [0, 0.1) is 0 Å². The monoisotopic (exact) mass is 261 g/mol. The van der Waals surface area contributed by atoms with Gasteiger partial charge in [-0.15, -0.1) is 11.6 Å². The normalized spacial score (nSPS) is 14.2. The zero-order valence-electron chi connectivity index (χ0n) is 7.04. The fraction of sp³-hybridized carbons (Fsp3) is 0.222. The van der Waals surface area contributed by atoms with Crippen LogP contribution in [0.4, 0.5) is 0 Å². The topological polar surface area (TPSA) is 32.6 Å². The Morgan fingerprint density at radius 3 is 2.85 bits per heavy atom. The largest absolute Gasteiger partial charge is 0.411 e. The van der Waals surface area contributed by atoms with Crippen molar-refractivity contribution in [2.24, 2.45) is 5.16 Å². The number of halogens is 2. The number of hydrogen-bond donors (Lipinski definition) is 1. The van der Waals surface area contributed by atoms with Crippen LogP contribution in [0.15, 0.2) is 33.9 Å². The van der Waals surface area contributed by atoms with Crippen molar-refractivity contribution in [2.75, 3.05) is 0 Å². The summed E-state index contributed by atoms with van der Waals surface area (Å²) in [5.74, 6) is 0. The second-order valence-corrected chi connectivity index (χ2v) is 4.01. The highest BCUT2D eigenvalue weighted by atomic mass is 79.9. The molecule has 0 aliphatic heterocycles. The lowest BCUT2D eigenvalue weighted by molar-refractivity contribution is 0.317. The average molecular weight is 263 g/mol. The molecule has 0 heterocycles. The van der Waals surface area contributed by atoms with Crippen LogP contribution in [0.2, 0.25) is 0 Å². The van der Waals surface area contributed by atoms with Crippen molar-refractivity contribution in [3.8, 4) is 0 Å². The zero-order chi connectivity index (χ0) is 9.84. The van der Waals surface area contributed by atoms with E-state index in [1.165, 1.54) is 0 Å². The van der Waals surface area contributed by atoms with E-state index in [1.807, 2.05) is 24.3 Å². The maximum Gasteiger partial charge on any atom is 0.0998 e. The van der Waals surface area contributed by atoms with Gasteiger partial charge in [0.05, 0.1) is 11.1 Å². The Balaban J connectivity index is 2.95. The van der Waals surface area contributed by atoms with Crippen molar-refractivity contribution in [2.45, 2.75) is 12.3 Å². The van der Waals surface area contributed by atoms with Gasteiger partial charge in [0, 0.05) is 4.47 Å². The molecule has 0 bridgehead atoms. The molecule has 0 fully saturated rings. The van der Waals surface area contributed by atoms with Crippen molar-refractivity contribution in [1.82, 2.24) is 0 Å². The van der Waals surface area contributed by atoms with E-state index in [0.29, 0.717) is 5.71 Å². The number of hydrogen-bond acceptors (Lipinski definition) is 2. The number of alkyl halides is 1. The highest BCUT2D eigenvalue weighted by Gasteiger charge is 2.11. The van der Waals surface area contributed by atoms with Gasteiger partial charge in [0.2, 0.25) is 0 Å². The molecule has 70 valence electrons. The first kappa shape index (κ1) is 10.5. The van der Waals surface area contributed by atoms with E-state index in [1.54, 1.807) is 6.92 Å². The van der Waals surface area contributed by atoms with E-state index in [-0.39, 0.29) is 5.38 Å². The van der Waals surface area contributed by atoms with E-state index in [2.05, 4.69) is 21.1 Å². The third-order valence-electron chi connectivity index (χ3n) is 1.67. The first-order valence-electron chi connectivity index (χ1n) is 3.73. The predicted octanol–water partition coefficient (Wildman–Crippen LogP) is 3.58. The second-order valence-electron chi connectivity index (χ2n) is 2.66. The molecule has 1 aromatic rings. The summed E-state index contributed by atoms with van der Waals surface area (Å²) in [6.45, 7) is 1.68. The van der Waals surface area contributed by atoms with E-state index >= 15 is 0 Å². The minimum absolute atomic E-state index is 0.373. The summed E-state index contributed by atoms with van der Waals surface area (Å²) in [5.41, 5.74) is 1.39. The molecular formula is C9H9BrClNO. The van der Waals surface area contributed by atoms with E-state index in [9.17, 15) is 0 Å². The SMILES string of the molecule is C/C(=N\O)C(Cl)c1cccc(Br)c1. The van der Waals surface area contributed by atoms with Crippen molar-refractivity contribution >= 4 is 33.2 Å². The smallest absolute Gasteiger partial charge is 0.0998 e. The fourth-order valence-corrected chi connectivity index (χ4v) is 1.55. The highest BCUT2D eigenvalue weighted by Crippen LogP contribution is 2.24. The van der Waals surface area contributed by atoms with E-state index in [4.69, 9.17) is 16.8 Å². The van der Waals surface area contributed by atoms with Gasteiger partial charge < -0.3 is 5.21 Å². The van der Waals surface area contributed by atoms with Crippen LogP contribution in [0.3, 0.4) is 0 Å². The van der Waals surface area contributed by atoms with Crippen LogP contribution >= 0.6 is 27.5 Å². The third kappa shape index (κ3) is 2.71. The Labute approximate surface area is 90.3 Å². The first-order chi connectivity index (χ1) is 6.15. The van der Waals surface area contributed by atoms with Crippen molar-refractivity contribution in [1.29, 1.82) is 0 Å². The molecular weight excluding hydrogens is 253 g/mol. The minimum atomic E-state index is -0.373. The maximum absolute atomic E-state index is 8.53. The Morgan fingerprint density at radius 1 is 1.62 bits per heavy atom. The summed E-state index contributed by atoms with van der Waals surface area (Å²) in [6.07, 6.45) is 0. The quantitative estimate of drug-likeness (QED) is 0.376. The standard InChI is InChI=1S/C9H9BrClNO/c1-6(12-13)9(11)7-3-2-4-8(10)5-7/h2-5,9,13H,1H3/b12-6+. The summed E-state index contributed by atoms with van der Waals surface area (Å²) in [5, 5.41) is 11.2. The van der Waals surface area contributed by atoms with Crippen LogP contribution in [0.5, 0.6) is 0 Å². The molecule has 0 amide bonds. The van der Waals surface area contributed by atoms with Crippen LogP contribution in [0.25, 0.3) is 0 Å². The van der Waals surface area contributed by atoms with E-state index in [0.717, 1.165) is 10.0 Å². The van der Waals surface area contributed by atoms with Crippen molar-refractivity contribution in [3.05, 3.63) is 34.3 Å². The summed E-state index contributed by atoms with van der Waals surface area (Å²) >= 11 is 9.36. The van der Waals surface area contributed by atoms with Gasteiger partial charge in [0.1, 0.15) is 0 Å². The number of oxime groups is 1. The summed E-state index contributed by atoms with van der Waals surface area (Å²) in [7, 11) is 0. The first-order valence-corrected chi connectivity index (χ1v) is 4.96. The maximum atomic E-state index is 8.53. The molecule has 0 aliphatic rings. The molecule has 1 aromatic carbocycles. The average Bonchev–Trinajstić information content (AvgIpc) is 2.15. The molecule has 13 heavy (non-hydrogen) atoms. The second kappa shape index (κ2) is 4.63. The lowest BCUT2D eigenvalue weighted by Gasteiger charge is -2.07. The molecule has 0 radical (unpaired) electrons. The fourth-order valence-electron chi connectivity index (χ4n) is 0.956. The van der Waals surface area contributed by atoms with Crippen molar-refractivity contribution < 1.29 is 5.21 Å². The number of rotatable bonds is 2. The molecule has 0 aromatic heterocycles. The Bertz CT molecular complexity index is 327. The lowest BCUT2D eigenvalue weighted by atomic mass is 10.1. The van der Waals surface area contributed by atoms with Gasteiger partial charge in [-0.25, -0.2) is 0 Å². The van der Waals surface area contributed by atoms with Crippen LogP contribution in [0.1, 0.15) is 17.9 Å². The van der Waals surface area contributed by atoms with Gasteiger partial charge in [-0.05, 0) is 24.6 Å². The van der Waals surface area contributed by atoms with Gasteiger partial charge in [-0.1, -0.05) is 33.2 Å². The molecule has 0 spiro atoms. The third-order valence-corrected chi connectivity index (χ3v) is 2.73. The number of nitrogens with zero attached hydrogens (tertiary/aromatic N) is 1. The van der Waals surface area contributed by atoms with Gasteiger partial charge in [-0.3, -0.25) is 0 Å². The zero-order valence-corrected chi connectivity index (χ0v) is 9.38. The van der Waals surface area contributed by atoms with Gasteiger partial charge >= 0.3 is 0 Å². The molecule has 0 saturated carbocycles. The lowest BCUT2D eigenvalue weighted by Crippen LogP contribution is -2.02. The molecule has 2 nitrogen and oxygen atoms in total. The molecule has 1 N–H and O–H groups in total. The summed E-state index contributed by atoms with van der Waals surface area (Å²) in [6, 6.07) is 7.58. The minimum Gasteiger partial charge on any atom is -0.411 e. The van der Waals surface area contributed by atoms with Crippen LogP contribution in [-0.2, 0) is 0 Å². The number of benzene rings is 1. The molecule has 0 saturated heterocycles. The Morgan fingerprint density at radius 2 is 2.31 bits per heavy atom. The Hall–Kier alpha value is -0.540. The molecule has 0 aliphatic carbocycles. The summed E-state index contributed by atoms with van der Waals surface area (Å²) < 4.78 is 0.960. The van der Waals surface area contributed by atoms with E-state index < -0.39 is 0 Å². The van der Waals surface area contributed by atoms with Crippen molar-refractivity contribution in [3.63, 3.8) is 0 Å². The molecule has 1 atom stereocenters. The highest BCUT2D eigenvalue weighted by molar-refractivity contribution is 9.10. The van der Waals surface area contributed by atoms with Gasteiger partial charge in [0.15, 0.2) is 0 Å². The Kier molecular flexibility index (Phi) is 3.75. The molecule has 1 unspecified atom stereocenters. The van der Waals surface area contributed by atoms with Crippen LogP contribution in [-0.4, -0.2) is 10.9 Å². The van der Waals surface area contributed by atoms with Crippen LogP contribution < -0.4 is 0 Å². The predicted molar refractivity (Wildman–Crippen MR) is 57.6 cm³/mol. The summed E-state index contributed by atoms with van der Waals surface area (Å²) in [4.78, 5) is 0. The molecule has 1 rings (SSSR count).